The Kier molecular flexibility index (Phi) is 11.9. The van der Waals surface area contributed by atoms with Gasteiger partial charge in [-0.1, -0.05) is 42.5 Å². The van der Waals surface area contributed by atoms with Gasteiger partial charge in [0.2, 0.25) is 19.7 Å². The average molecular weight is 838 g/mol. The van der Waals surface area contributed by atoms with Gasteiger partial charge in [0, 0.05) is 63.1 Å². The van der Waals surface area contributed by atoms with Crippen molar-refractivity contribution >= 4 is 31.6 Å². The van der Waals surface area contributed by atoms with Gasteiger partial charge in [-0.25, -0.2) is 30.4 Å². The first kappa shape index (κ1) is 40.5. The maximum Gasteiger partial charge on any atom is 0.318 e. The molecule has 17 heteroatoms. The van der Waals surface area contributed by atoms with Crippen molar-refractivity contribution in [2.45, 2.75) is 51.8 Å². The Balaban J connectivity index is 0.000000179. The molecule has 0 saturated carbocycles. The molecule has 1 atom stereocenters. The van der Waals surface area contributed by atoms with Gasteiger partial charge >= 0.3 is 6.03 Å². The highest BCUT2D eigenvalue weighted by Gasteiger charge is 2.24. The number of nitrogens with one attached hydrogen (secondary N) is 3. The van der Waals surface area contributed by atoms with E-state index in [2.05, 4.69) is 25.9 Å². The quantitative estimate of drug-likeness (QED) is 0.181. The number of carbonyl (C=O) groups excluding carboxylic acids is 2. The molecule has 0 radical (unpaired) electrons. The second kappa shape index (κ2) is 17.4. The van der Waals surface area contributed by atoms with E-state index in [4.69, 9.17) is 0 Å². The number of hydrogen-bond acceptors (Lipinski definition) is 10. The van der Waals surface area contributed by atoms with Gasteiger partial charge in [-0.2, -0.15) is 0 Å². The minimum absolute atomic E-state index is 0.0163. The summed E-state index contributed by atoms with van der Waals surface area (Å²) in [7, 11) is -7.60. The van der Waals surface area contributed by atoms with Crippen LogP contribution in [0.1, 0.15) is 22.5 Å². The molecule has 4 aromatic carbocycles. The van der Waals surface area contributed by atoms with E-state index in [9.17, 15) is 35.2 Å². The van der Waals surface area contributed by atoms with E-state index in [1.807, 2.05) is 17.2 Å². The van der Waals surface area contributed by atoms with Gasteiger partial charge in [0.15, 0.2) is 0 Å². The van der Waals surface area contributed by atoms with Gasteiger partial charge in [0.25, 0.3) is 5.91 Å². The maximum atomic E-state index is 13.4. The highest BCUT2D eigenvalue weighted by molar-refractivity contribution is 7.91. The zero-order chi connectivity index (χ0) is 41.6. The van der Waals surface area contributed by atoms with E-state index >= 15 is 0 Å². The molecular formula is C42H37F2N7O6S2. The van der Waals surface area contributed by atoms with Gasteiger partial charge in [0.1, 0.15) is 17.8 Å². The van der Waals surface area contributed by atoms with Gasteiger partial charge in [-0.05, 0) is 71.8 Å². The molecule has 0 fully saturated rings. The third-order valence-corrected chi connectivity index (χ3v) is 13.0. The fourth-order valence-corrected chi connectivity index (χ4v) is 8.91. The normalized spacial score (nSPS) is 15.5. The van der Waals surface area contributed by atoms with Crippen molar-refractivity contribution in [1.82, 2.24) is 35.7 Å². The summed E-state index contributed by atoms with van der Waals surface area (Å²) in [5, 5.41) is 8.76. The monoisotopic (exact) mass is 837 g/mol. The zero-order valence-corrected chi connectivity index (χ0v) is 32.8. The van der Waals surface area contributed by atoms with Crippen LogP contribution in [-0.2, 0) is 50.5 Å². The predicted octanol–water partition coefficient (Wildman–Crippen LogP) is 5.15. The molecule has 8 rings (SSSR count). The molecule has 0 bridgehead atoms. The summed E-state index contributed by atoms with van der Waals surface area (Å²) in [6.07, 6.45) is 12.9. The van der Waals surface area contributed by atoms with Crippen LogP contribution < -0.4 is 16.0 Å². The summed E-state index contributed by atoms with van der Waals surface area (Å²) >= 11 is 0. The van der Waals surface area contributed by atoms with Gasteiger partial charge in [-0.15, -0.1) is 0 Å². The molecule has 0 spiro atoms. The molecular weight excluding hydrogens is 801 g/mol. The fourth-order valence-electron chi connectivity index (χ4n) is 6.33. The van der Waals surface area contributed by atoms with Gasteiger partial charge < -0.3 is 25.8 Å². The number of fused-ring (bicyclic) bond motifs is 2. The highest BCUT2D eigenvalue weighted by atomic mass is 32.2. The van der Waals surface area contributed by atoms with E-state index in [1.165, 1.54) is 24.3 Å². The first-order valence-corrected chi connectivity index (χ1v) is 21.2. The lowest BCUT2D eigenvalue weighted by molar-refractivity contribution is -0.117. The number of amides is 3. The number of hydrogen-bond donors (Lipinski definition) is 3. The van der Waals surface area contributed by atoms with E-state index in [-0.39, 0.29) is 39.3 Å². The minimum Gasteiger partial charge on any atom is -0.366 e. The number of carbonyl (C=O) groups is 2. The molecule has 3 aliphatic rings. The molecule has 1 aromatic heterocycles. The minimum atomic E-state index is -4.06. The Bertz CT molecular complexity index is 2660. The van der Waals surface area contributed by atoms with Crippen LogP contribution in [0.15, 0.2) is 165 Å². The molecule has 3 aliphatic heterocycles. The number of urea groups is 1. The van der Waals surface area contributed by atoms with Crippen LogP contribution in [0.4, 0.5) is 13.6 Å². The van der Waals surface area contributed by atoms with Crippen LogP contribution >= 0.6 is 0 Å². The summed E-state index contributed by atoms with van der Waals surface area (Å²) in [4.78, 5) is 36.9. The van der Waals surface area contributed by atoms with E-state index < -0.39 is 36.2 Å². The molecule has 13 nitrogen and oxygen atoms in total. The Labute approximate surface area is 339 Å². The molecule has 3 N–H and O–H groups in total. The summed E-state index contributed by atoms with van der Waals surface area (Å²) in [5.74, 6) is -2.20. The average Bonchev–Trinajstić information content (AvgIpc) is 3.73. The lowest BCUT2D eigenvalue weighted by Crippen LogP contribution is -2.43. The lowest BCUT2D eigenvalue weighted by Gasteiger charge is -2.27. The standard InChI is InChI=1S/C21H17F2N3O3S.C21H20N4O3S/c22-16-9-17(23)11-19(10-16)30(28,29)18-4-1-14(2-5-18)12-25-21(27)15-3-6-20-24-7-8-26(20)13-15;26-21(25-13-10-19-20(15-25)23-12-11-22-19)24-14-16-6-8-18(9-7-16)29(27,28)17-4-2-1-3-5-17/h1-11,13,20,24H,12H2,(H,25,27);1-9,11-12H,10,13-15H2,(H,24,26). The van der Waals surface area contributed by atoms with Crippen molar-refractivity contribution in [3.63, 3.8) is 0 Å². The molecule has 59 heavy (non-hydrogen) atoms. The van der Waals surface area contributed by atoms with Crippen LogP contribution in [0.2, 0.25) is 0 Å². The van der Waals surface area contributed by atoms with Crippen LogP contribution in [0.25, 0.3) is 0 Å². The predicted molar refractivity (Wildman–Crippen MR) is 212 cm³/mol. The van der Waals surface area contributed by atoms with Crippen molar-refractivity contribution in [2.24, 2.45) is 0 Å². The summed E-state index contributed by atoms with van der Waals surface area (Å²) in [6, 6.07) is 22.6. The zero-order valence-electron chi connectivity index (χ0n) is 31.2. The fraction of sp³-hybridized carbons (Fsp3) is 0.143. The van der Waals surface area contributed by atoms with Crippen molar-refractivity contribution in [3.05, 3.63) is 180 Å². The SMILES string of the molecule is O=C(NCc1ccc(S(=O)(=O)c2cc(F)cc(F)c2)cc1)C1=CN2C=CNC2C=C1.O=C(NCc1ccc(S(=O)(=O)c2ccccc2)cc1)N1CCc2nccnc2C1. The first-order chi connectivity index (χ1) is 28.4. The number of halogens is 2. The van der Waals surface area contributed by atoms with Gasteiger partial charge in [-0.3, -0.25) is 14.8 Å². The van der Waals surface area contributed by atoms with Crippen LogP contribution in [-0.4, -0.2) is 61.3 Å². The molecule has 0 aliphatic carbocycles. The summed E-state index contributed by atoms with van der Waals surface area (Å²) in [6.45, 7) is 1.53. The van der Waals surface area contributed by atoms with E-state index in [0.717, 1.165) is 29.1 Å². The highest BCUT2D eigenvalue weighted by Crippen LogP contribution is 2.24. The Hall–Kier alpha value is -6.72. The molecule has 3 amide bonds. The Morgan fingerprint density at radius 1 is 0.729 bits per heavy atom. The summed E-state index contributed by atoms with van der Waals surface area (Å²) in [5.41, 5.74) is 3.75. The van der Waals surface area contributed by atoms with Crippen LogP contribution in [0, 0.1) is 11.6 Å². The Morgan fingerprint density at radius 3 is 1.95 bits per heavy atom. The third kappa shape index (κ3) is 9.54. The topological polar surface area (TPSA) is 171 Å². The first-order valence-electron chi connectivity index (χ1n) is 18.3. The number of sulfone groups is 2. The number of aromatic nitrogens is 2. The van der Waals surface area contributed by atoms with Crippen molar-refractivity contribution in [3.8, 4) is 0 Å². The third-order valence-electron chi connectivity index (χ3n) is 9.51. The smallest absolute Gasteiger partial charge is 0.318 e. The van der Waals surface area contributed by atoms with Crippen LogP contribution in [0.3, 0.4) is 0 Å². The number of nitrogens with zero attached hydrogens (tertiary/aromatic N) is 4. The summed E-state index contributed by atoms with van der Waals surface area (Å²) < 4.78 is 77.2. The second-order valence-electron chi connectivity index (χ2n) is 13.5. The van der Waals surface area contributed by atoms with Crippen molar-refractivity contribution in [1.29, 1.82) is 0 Å². The van der Waals surface area contributed by atoms with Crippen molar-refractivity contribution < 1.29 is 35.2 Å². The Morgan fingerprint density at radius 2 is 1.31 bits per heavy atom. The molecule has 1 unspecified atom stereocenters. The molecule has 0 saturated heterocycles. The lowest BCUT2D eigenvalue weighted by atomic mass is 10.1. The van der Waals surface area contributed by atoms with Crippen LogP contribution in [0.5, 0.6) is 0 Å². The largest absolute Gasteiger partial charge is 0.366 e. The number of benzene rings is 4. The molecule has 5 aromatic rings. The van der Waals surface area contributed by atoms with E-state index in [1.54, 1.807) is 90.4 Å². The number of rotatable bonds is 9. The van der Waals surface area contributed by atoms with E-state index in [0.29, 0.717) is 43.3 Å². The maximum absolute atomic E-state index is 13.4. The molecule has 302 valence electrons. The second-order valence-corrected chi connectivity index (χ2v) is 17.4. The van der Waals surface area contributed by atoms with Crippen molar-refractivity contribution in [2.75, 3.05) is 6.54 Å². The van der Waals surface area contributed by atoms with Gasteiger partial charge in [0.05, 0.1) is 43.1 Å². The molecule has 4 heterocycles.